The number of guanidine groups is 1. The van der Waals surface area contributed by atoms with Gasteiger partial charge in [-0.05, 0) is 43.3 Å². The van der Waals surface area contributed by atoms with Gasteiger partial charge in [0.15, 0.2) is 5.96 Å². The Hall–Kier alpha value is -1.59. The van der Waals surface area contributed by atoms with Gasteiger partial charge in [-0.25, -0.2) is 4.99 Å². The molecule has 1 N–H and O–H groups in total. The number of nitrogens with one attached hydrogen (secondary N) is 1. The van der Waals surface area contributed by atoms with Gasteiger partial charge in [-0.1, -0.05) is 6.07 Å². The van der Waals surface area contributed by atoms with Crippen LogP contribution < -0.4 is 5.32 Å². The van der Waals surface area contributed by atoms with Crippen molar-refractivity contribution in [3.8, 4) is 0 Å². The second kappa shape index (κ2) is 12.6. The Kier molecular flexibility index (Phi) is 9.86. The number of thiophene rings is 1. The van der Waals surface area contributed by atoms with E-state index < -0.39 is 0 Å². The Balaban J connectivity index is 0.00000289. The van der Waals surface area contributed by atoms with Crippen LogP contribution in [0.5, 0.6) is 0 Å². The summed E-state index contributed by atoms with van der Waals surface area (Å²) in [7, 11) is 0. The van der Waals surface area contributed by atoms with Crippen LogP contribution in [0.1, 0.15) is 30.4 Å². The number of halogens is 1. The number of aliphatic imine (C=N–C) groups is 1. The van der Waals surface area contributed by atoms with Gasteiger partial charge in [0.1, 0.15) is 5.76 Å². The minimum atomic E-state index is -0.0429. The predicted octanol–water partition coefficient (Wildman–Crippen LogP) is 3.28. The van der Waals surface area contributed by atoms with Crippen molar-refractivity contribution in [1.29, 1.82) is 0 Å². The number of likely N-dealkylation sites (tertiary alicyclic amines) is 1. The van der Waals surface area contributed by atoms with Crippen molar-refractivity contribution in [2.45, 2.75) is 38.8 Å². The Morgan fingerprint density at radius 3 is 2.56 bits per heavy atom. The summed E-state index contributed by atoms with van der Waals surface area (Å²) < 4.78 is 5.45. The Morgan fingerprint density at radius 2 is 1.91 bits per heavy atom. The molecule has 2 aliphatic rings. The van der Waals surface area contributed by atoms with Crippen LogP contribution in [0.25, 0.3) is 0 Å². The normalized spacial score (nSPS) is 18.5. The minimum Gasteiger partial charge on any atom is -0.469 e. The minimum absolute atomic E-state index is 0. The SMILES string of the molecule is CC(C(=O)N1CCCC1)N1CCN(C(=NCc2cccs2)NCCc2ccco2)CC1.I. The third-order valence-corrected chi connectivity index (χ3v) is 7.00. The van der Waals surface area contributed by atoms with Crippen molar-refractivity contribution in [2.75, 3.05) is 45.8 Å². The maximum atomic E-state index is 12.8. The molecule has 0 bridgehead atoms. The molecule has 1 amide bonds. The summed E-state index contributed by atoms with van der Waals surface area (Å²) in [4.78, 5) is 25.6. The fraction of sp³-hybridized carbons (Fsp3) is 0.565. The number of furan rings is 1. The summed E-state index contributed by atoms with van der Waals surface area (Å²) in [6.45, 7) is 8.85. The summed E-state index contributed by atoms with van der Waals surface area (Å²) in [5.74, 6) is 2.21. The number of hydrogen-bond acceptors (Lipinski definition) is 5. The highest BCUT2D eigenvalue weighted by Gasteiger charge is 2.30. The highest BCUT2D eigenvalue weighted by molar-refractivity contribution is 14.0. The first kappa shape index (κ1) is 25.0. The van der Waals surface area contributed by atoms with Crippen molar-refractivity contribution in [1.82, 2.24) is 20.0 Å². The fourth-order valence-corrected chi connectivity index (χ4v) is 4.88. The van der Waals surface area contributed by atoms with E-state index in [4.69, 9.17) is 9.41 Å². The molecule has 0 spiro atoms. The molecule has 0 radical (unpaired) electrons. The number of carbonyl (C=O) groups is 1. The van der Waals surface area contributed by atoms with Crippen molar-refractivity contribution in [3.63, 3.8) is 0 Å². The number of rotatable bonds is 7. The van der Waals surface area contributed by atoms with Crippen LogP contribution in [0.3, 0.4) is 0 Å². The van der Waals surface area contributed by atoms with Crippen molar-refractivity contribution >= 4 is 47.2 Å². The molecule has 2 aliphatic heterocycles. The molecule has 176 valence electrons. The van der Waals surface area contributed by atoms with Crippen LogP contribution in [-0.4, -0.2) is 78.4 Å². The van der Waals surface area contributed by atoms with Crippen molar-refractivity contribution in [2.24, 2.45) is 4.99 Å². The van der Waals surface area contributed by atoms with Gasteiger partial charge in [-0.2, -0.15) is 0 Å². The zero-order chi connectivity index (χ0) is 21.5. The molecule has 2 saturated heterocycles. The largest absolute Gasteiger partial charge is 0.469 e. The van der Waals surface area contributed by atoms with E-state index in [1.165, 1.54) is 4.88 Å². The van der Waals surface area contributed by atoms with Crippen molar-refractivity contribution < 1.29 is 9.21 Å². The molecule has 4 rings (SSSR count). The summed E-state index contributed by atoms with van der Waals surface area (Å²) in [6, 6.07) is 8.07. The molecule has 0 saturated carbocycles. The third kappa shape index (κ3) is 6.71. The molecule has 2 aromatic rings. The molecule has 32 heavy (non-hydrogen) atoms. The number of hydrogen-bond donors (Lipinski definition) is 1. The summed E-state index contributed by atoms with van der Waals surface area (Å²) >= 11 is 1.73. The van der Waals surface area contributed by atoms with E-state index in [-0.39, 0.29) is 35.9 Å². The zero-order valence-corrected chi connectivity index (χ0v) is 21.9. The van der Waals surface area contributed by atoms with E-state index in [1.54, 1.807) is 17.6 Å². The molecule has 0 aromatic carbocycles. The first-order valence-electron chi connectivity index (χ1n) is 11.3. The maximum absolute atomic E-state index is 12.8. The van der Waals surface area contributed by atoms with E-state index in [9.17, 15) is 4.79 Å². The third-order valence-electron chi connectivity index (χ3n) is 6.14. The molecular weight excluding hydrogens is 537 g/mol. The fourth-order valence-electron chi connectivity index (χ4n) is 4.25. The molecule has 2 fully saturated rings. The average Bonchev–Trinajstić information content (AvgIpc) is 3.58. The second-order valence-electron chi connectivity index (χ2n) is 8.21. The molecule has 7 nitrogen and oxygen atoms in total. The second-order valence-corrected chi connectivity index (χ2v) is 9.24. The Labute approximate surface area is 211 Å². The number of piperazine rings is 1. The van der Waals surface area contributed by atoms with Gasteiger partial charge in [-0.3, -0.25) is 9.69 Å². The van der Waals surface area contributed by atoms with Crippen LogP contribution in [0, 0.1) is 0 Å². The van der Waals surface area contributed by atoms with Gasteiger partial charge in [0.25, 0.3) is 0 Å². The Morgan fingerprint density at radius 1 is 1.12 bits per heavy atom. The highest BCUT2D eigenvalue weighted by atomic mass is 127. The van der Waals surface area contributed by atoms with Gasteiger partial charge in [0, 0.05) is 57.1 Å². The first-order valence-corrected chi connectivity index (χ1v) is 12.2. The standard InChI is InChI=1S/C23H33N5O2S.HI/c1-19(22(29)27-10-2-3-11-27)26-12-14-28(15-13-26)23(25-18-21-7-5-17-31-21)24-9-8-20-6-4-16-30-20;/h4-7,16-17,19H,2-3,8-15,18H2,1H3,(H,24,25);1H. The quantitative estimate of drug-likeness (QED) is 0.314. The van der Waals surface area contributed by atoms with Gasteiger partial charge in [0.05, 0.1) is 18.8 Å². The van der Waals surface area contributed by atoms with Crippen LogP contribution in [-0.2, 0) is 17.8 Å². The number of nitrogens with zero attached hydrogens (tertiary/aromatic N) is 4. The van der Waals surface area contributed by atoms with Crippen LogP contribution >= 0.6 is 35.3 Å². The van der Waals surface area contributed by atoms with Crippen LogP contribution in [0.15, 0.2) is 45.3 Å². The van der Waals surface area contributed by atoms with Crippen LogP contribution in [0.4, 0.5) is 0 Å². The van der Waals surface area contributed by atoms with E-state index in [2.05, 4.69) is 39.6 Å². The molecule has 1 atom stereocenters. The maximum Gasteiger partial charge on any atom is 0.239 e. The van der Waals surface area contributed by atoms with Gasteiger partial charge in [0.2, 0.25) is 5.91 Å². The lowest BCUT2D eigenvalue weighted by molar-refractivity contribution is -0.135. The summed E-state index contributed by atoms with van der Waals surface area (Å²) in [5, 5.41) is 5.62. The summed E-state index contributed by atoms with van der Waals surface area (Å²) in [6.07, 6.45) is 4.82. The average molecular weight is 572 g/mol. The topological polar surface area (TPSA) is 64.3 Å². The molecular formula is C23H34IN5O2S. The number of carbonyl (C=O) groups excluding carboxylic acids is 1. The van der Waals surface area contributed by atoms with Gasteiger partial charge < -0.3 is 19.5 Å². The van der Waals surface area contributed by atoms with Crippen LogP contribution in [0.2, 0.25) is 0 Å². The van der Waals surface area contributed by atoms with E-state index >= 15 is 0 Å². The lowest BCUT2D eigenvalue weighted by atomic mass is 10.2. The monoisotopic (exact) mass is 571 g/mol. The number of amides is 1. The van der Waals surface area contributed by atoms with E-state index in [0.29, 0.717) is 6.54 Å². The Bertz CT molecular complexity index is 829. The van der Waals surface area contributed by atoms with Gasteiger partial charge in [-0.15, -0.1) is 35.3 Å². The molecule has 0 aliphatic carbocycles. The molecule has 1 unspecified atom stereocenters. The smallest absolute Gasteiger partial charge is 0.239 e. The summed E-state index contributed by atoms with van der Waals surface area (Å²) in [5.41, 5.74) is 0. The van der Waals surface area contributed by atoms with E-state index in [0.717, 1.165) is 76.8 Å². The zero-order valence-electron chi connectivity index (χ0n) is 18.7. The predicted molar refractivity (Wildman–Crippen MR) is 140 cm³/mol. The van der Waals surface area contributed by atoms with Gasteiger partial charge >= 0.3 is 0 Å². The lowest BCUT2D eigenvalue weighted by Crippen LogP contribution is -2.57. The highest BCUT2D eigenvalue weighted by Crippen LogP contribution is 2.15. The van der Waals surface area contributed by atoms with E-state index in [1.807, 2.05) is 17.0 Å². The first-order chi connectivity index (χ1) is 15.2. The lowest BCUT2D eigenvalue weighted by Gasteiger charge is -2.39. The van der Waals surface area contributed by atoms with Crippen molar-refractivity contribution in [3.05, 3.63) is 46.5 Å². The molecule has 2 aromatic heterocycles. The molecule has 4 heterocycles. The molecule has 9 heteroatoms.